The molecule has 2 aliphatic rings. The van der Waals surface area contributed by atoms with Gasteiger partial charge in [-0.25, -0.2) is 9.79 Å². The summed E-state index contributed by atoms with van der Waals surface area (Å²) in [7, 11) is 0. The predicted octanol–water partition coefficient (Wildman–Crippen LogP) is 0.313. The number of aliphatic imine (C=N–C) groups is 1. The van der Waals surface area contributed by atoms with Crippen LogP contribution in [-0.2, 0) is 9.59 Å². The van der Waals surface area contributed by atoms with Gasteiger partial charge in [-0.05, 0) is 25.7 Å². The minimum Gasteiger partial charge on any atom is -0.340 e. The van der Waals surface area contributed by atoms with Crippen LogP contribution in [0.25, 0.3) is 0 Å². The van der Waals surface area contributed by atoms with Crippen LogP contribution in [0, 0.1) is 5.92 Å². The number of rotatable bonds is 2. The smallest absolute Gasteiger partial charge is 0.235 e. The SMILES string of the molecule is O=C=NC1CCC(C(=O)N2CCNCC2)CC1. The van der Waals surface area contributed by atoms with E-state index < -0.39 is 0 Å². The van der Waals surface area contributed by atoms with Gasteiger partial charge in [0.25, 0.3) is 0 Å². The lowest BCUT2D eigenvalue weighted by atomic mass is 9.85. The van der Waals surface area contributed by atoms with Crippen LogP contribution in [0.15, 0.2) is 4.99 Å². The Balaban J connectivity index is 1.83. The maximum Gasteiger partial charge on any atom is 0.235 e. The minimum atomic E-state index is 0.0968. The van der Waals surface area contributed by atoms with E-state index in [4.69, 9.17) is 0 Å². The van der Waals surface area contributed by atoms with Crippen molar-refractivity contribution in [3.8, 4) is 0 Å². The lowest BCUT2D eigenvalue weighted by Gasteiger charge is -2.33. The minimum absolute atomic E-state index is 0.0968. The first-order valence-electron chi connectivity index (χ1n) is 6.37. The zero-order valence-electron chi connectivity index (χ0n) is 10.0. The Morgan fingerprint density at radius 2 is 1.82 bits per heavy atom. The van der Waals surface area contributed by atoms with E-state index in [2.05, 4.69) is 10.3 Å². The lowest BCUT2D eigenvalue weighted by Crippen LogP contribution is -2.49. The van der Waals surface area contributed by atoms with E-state index in [0.29, 0.717) is 5.91 Å². The molecule has 1 aliphatic heterocycles. The second-order valence-electron chi connectivity index (χ2n) is 4.80. The van der Waals surface area contributed by atoms with E-state index in [1.165, 1.54) is 0 Å². The number of isocyanates is 1. The van der Waals surface area contributed by atoms with Gasteiger partial charge in [-0.1, -0.05) is 0 Å². The normalized spacial score (nSPS) is 29.5. The van der Waals surface area contributed by atoms with E-state index in [9.17, 15) is 9.59 Å². The lowest BCUT2D eigenvalue weighted by molar-refractivity contribution is -0.137. The highest BCUT2D eigenvalue weighted by Crippen LogP contribution is 2.27. The molecule has 2 fully saturated rings. The molecule has 2 rings (SSSR count). The van der Waals surface area contributed by atoms with Gasteiger partial charge in [0, 0.05) is 32.1 Å². The monoisotopic (exact) mass is 237 g/mol. The summed E-state index contributed by atoms with van der Waals surface area (Å²) in [6, 6.07) is 0.0968. The summed E-state index contributed by atoms with van der Waals surface area (Å²) in [5.74, 6) is 0.436. The van der Waals surface area contributed by atoms with Gasteiger partial charge in [-0.15, -0.1) is 0 Å². The van der Waals surface area contributed by atoms with E-state index in [0.717, 1.165) is 51.9 Å². The number of hydrogen-bond donors (Lipinski definition) is 1. The van der Waals surface area contributed by atoms with Gasteiger partial charge in [-0.3, -0.25) is 4.79 Å². The number of carbonyl (C=O) groups excluding carboxylic acids is 2. The van der Waals surface area contributed by atoms with Crippen LogP contribution >= 0.6 is 0 Å². The van der Waals surface area contributed by atoms with Crippen LogP contribution < -0.4 is 5.32 Å². The number of hydrogen-bond acceptors (Lipinski definition) is 4. The quantitative estimate of drug-likeness (QED) is 0.555. The fourth-order valence-electron chi connectivity index (χ4n) is 2.67. The third kappa shape index (κ3) is 3.14. The van der Waals surface area contributed by atoms with Gasteiger partial charge in [0.2, 0.25) is 12.0 Å². The Kier molecular flexibility index (Phi) is 4.29. The number of amides is 1. The third-order valence-corrected chi connectivity index (χ3v) is 3.71. The van der Waals surface area contributed by atoms with Crippen molar-refractivity contribution in [3.05, 3.63) is 0 Å². The molecule has 1 saturated carbocycles. The fourth-order valence-corrected chi connectivity index (χ4v) is 2.67. The highest BCUT2D eigenvalue weighted by Gasteiger charge is 2.29. The molecular formula is C12H19N3O2. The standard InChI is InChI=1S/C12H19N3O2/c16-9-14-11-3-1-10(2-4-11)12(17)15-7-5-13-6-8-15/h10-11,13H,1-8H2. The van der Waals surface area contributed by atoms with Crippen molar-refractivity contribution in [2.24, 2.45) is 10.9 Å². The van der Waals surface area contributed by atoms with Crippen LogP contribution in [0.5, 0.6) is 0 Å². The van der Waals surface area contributed by atoms with Crippen LogP contribution in [-0.4, -0.2) is 49.1 Å². The summed E-state index contributed by atoms with van der Waals surface area (Å²) in [6.07, 6.45) is 5.03. The highest BCUT2D eigenvalue weighted by molar-refractivity contribution is 5.79. The van der Waals surface area contributed by atoms with Crippen LogP contribution in [0.2, 0.25) is 0 Å². The summed E-state index contributed by atoms with van der Waals surface area (Å²) >= 11 is 0. The Bertz CT molecular complexity index is 312. The Morgan fingerprint density at radius 3 is 2.41 bits per heavy atom. The fraction of sp³-hybridized carbons (Fsp3) is 0.833. The summed E-state index contributed by atoms with van der Waals surface area (Å²) in [5, 5.41) is 3.24. The predicted molar refractivity (Wildman–Crippen MR) is 63.3 cm³/mol. The van der Waals surface area contributed by atoms with Gasteiger partial charge in [0.1, 0.15) is 0 Å². The molecule has 94 valence electrons. The molecule has 1 saturated heterocycles. The molecule has 1 N–H and O–H groups in total. The van der Waals surface area contributed by atoms with Gasteiger partial charge in [0.15, 0.2) is 0 Å². The van der Waals surface area contributed by atoms with Crippen molar-refractivity contribution in [1.29, 1.82) is 0 Å². The molecule has 0 atom stereocenters. The van der Waals surface area contributed by atoms with E-state index in [1.807, 2.05) is 4.90 Å². The molecule has 0 aromatic rings. The molecule has 0 aromatic carbocycles. The summed E-state index contributed by atoms with van der Waals surface area (Å²) in [5.41, 5.74) is 0. The molecule has 0 unspecified atom stereocenters. The first kappa shape index (κ1) is 12.3. The average Bonchev–Trinajstić information content (AvgIpc) is 2.40. The number of nitrogens with one attached hydrogen (secondary N) is 1. The van der Waals surface area contributed by atoms with Crippen molar-refractivity contribution >= 4 is 12.0 Å². The van der Waals surface area contributed by atoms with Crippen molar-refractivity contribution < 1.29 is 9.59 Å². The van der Waals surface area contributed by atoms with Crippen molar-refractivity contribution in [2.75, 3.05) is 26.2 Å². The summed E-state index contributed by atoms with van der Waals surface area (Å²) in [6.45, 7) is 3.45. The van der Waals surface area contributed by atoms with Crippen molar-refractivity contribution in [1.82, 2.24) is 10.2 Å². The first-order chi connectivity index (χ1) is 8.31. The molecular weight excluding hydrogens is 218 g/mol. The van der Waals surface area contributed by atoms with Gasteiger partial charge in [-0.2, -0.15) is 0 Å². The molecule has 0 spiro atoms. The topological polar surface area (TPSA) is 61.8 Å². The largest absolute Gasteiger partial charge is 0.340 e. The van der Waals surface area contributed by atoms with Crippen LogP contribution in [0.1, 0.15) is 25.7 Å². The molecule has 1 heterocycles. The zero-order valence-corrected chi connectivity index (χ0v) is 10.0. The van der Waals surface area contributed by atoms with E-state index in [-0.39, 0.29) is 12.0 Å². The van der Waals surface area contributed by atoms with Crippen molar-refractivity contribution in [3.63, 3.8) is 0 Å². The van der Waals surface area contributed by atoms with Gasteiger partial charge in [0.05, 0.1) is 6.04 Å². The van der Waals surface area contributed by atoms with E-state index in [1.54, 1.807) is 6.08 Å². The number of carbonyl (C=O) groups is 1. The number of piperazine rings is 1. The maximum absolute atomic E-state index is 12.2. The Hall–Kier alpha value is -1.19. The average molecular weight is 237 g/mol. The zero-order chi connectivity index (χ0) is 12.1. The molecule has 1 amide bonds. The molecule has 17 heavy (non-hydrogen) atoms. The molecule has 1 aliphatic carbocycles. The molecule has 0 aromatic heterocycles. The molecule has 0 radical (unpaired) electrons. The maximum atomic E-state index is 12.2. The molecule has 0 bridgehead atoms. The second kappa shape index (κ2) is 5.94. The molecule has 5 nitrogen and oxygen atoms in total. The summed E-state index contributed by atoms with van der Waals surface area (Å²) < 4.78 is 0. The highest BCUT2D eigenvalue weighted by atomic mass is 16.2. The Labute approximate surface area is 101 Å². The van der Waals surface area contributed by atoms with Crippen molar-refractivity contribution in [2.45, 2.75) is 31.7 Å². The third-order valence-electron chi connectivity index (χ3n) is 3.71. The Morgan fingerprint density at radius 1 is 1.18 bits per heavy atom. The second-order valence-corrected chi connectivity index (χ2v) is 4.80. The summed E-state index contributed by atoms with van der Waals surface area (Å²) in [4.78, 5) is 28.1. The molecule has 5 heteroatoms. The van der Waals surface area contributed by atoms with E-state index >= 15 is 0 Å². The van der Waals surface area contributed by atoms with Gasteiger partial charge >= 0.3 is 0 Å². The van der Waals surface area contributed by atoms with Crippen LogP contribution in [0.3, 0.4) is 0 Å². The number of nitrogens with zero attached hydrogens (tertiary/aromatic N) is 2. The van der Waals surface area contributed by atoms with Crippen LogP contribution in [0.4, 0.5) is 0 Å². The van der Waals surface area contributed by atoms with Gasteiger partial charge < -0.3 is 10.2 Å². The first-order valence-corrected chi connectivity index (χ1v) is 6.37.